The molecule has 204 valence electrons. The zero-order valence-electron chi connectivity index (χ0n) is 22.2. The molecule has 1 aromatic carbocycles. The summed E-state index contributed by atoms with van der Waals surface area (Å²) < 4.78 is 0. The number of aromatic nitrogens is 1. The first kappa shape index (κ1) is 27.5. The van der Waals surface area contributed by atoms with Crippen LogP contribution in [-0.4, -0.2) is 83.3 Å². The highest BCUT2D eigenvalue weighted by atomic mass is 32.1. The average Bonchev–Trinajstić information content (AvgIpc) is 3.32. The van der Waals surface area contributed by atoms with Gasteiger partial charge in [0.1, 0.15) is 0 Å². The van der Waals surface area contributed by atoms with Gasteiger partial charge in [-0.05, 0) is 45.4 Å². The van der Waals surface area contributed by atoms with Gasteiger partial charge in [0.2, 0.25) is 11.7 Å². The molecular weight excluding hydrogens is 506 g/mol. The number of aryl methyl sites for hydroxylation is 1. The predicted octanol–water partition coefficient (Wildman–Crippen LogP) is 1.81. The molecule has 0 radical (unpaired) electrons. The van der Waals surface area contributed by atoms with Crippen LogP contribution in [-0.2, 0) is 22.6 Å². The minimum atomic E-state index is -0.609. The van der Waals surface area contributed by atoms with Gasteiger partial charge < -0.3 is 31.0 Å². The van der Waals surface area contributed by atoms with Crippen LogP contribution in [0.4, 0.5) is 5.69 Å². The van der Waals surface area contributed by atoms with E-state index in [0.29, 0.717) is 30.0 Å². The van der Waals surface area contributed by atoms with Crippen molar-refractivity contribution in [1.29, 1.82) is 0 Å². The number of amidine groups is 1. The standard InChI is InChI=1S/C26H35N7O4S/c1-15-5-8-17(9-6-15)27-22(31-37)23(34)28-18-10-7-16(26(36)32(2)3)13-20(18)29-24(35)25-30-19-11-12-33(4)14-21(19)38-25/h5-6,8-9,16,18,20,37H,7,10-14H2,1-4H3,(H,27,31)(H,28,34)(H,29,35)/t16-,18-,20+/m0/s1. The van der Waals surface area contributed by atoms with E-state index < -0.39 is 18.0 Å². The quantitative estimate of drug-likeness (QED) is 0.196. The third-order valence-corrected chi connectivity index (χ3v) is 8.10. The van der Waals surface area contributed by atoms with Crippen molar-refractivity contribution < 1.29 is 19.6 Å². The second kappa shape index (κ2) is 11.9. The first-order valence-electron chi connectivity index (χ1n) is 12.7. The van der Waals surface area contributed by atoms with E-state index >= 15 is 0 Å². The summed E-state index contributed by atoms with van der Waals surface area (Å²) in [5, 5.41) is 21.8. The van der Waals surface area contributed by atoms with E-state index in [2.05, 4.69) is 31.0 Å². The van der Waals surface area contributed by atoms with Gasteiger partial charge in [-0.3, -0.25) is 14.4 Å². The largest absolute Gasteiger partial charge is 0.409 e. The van der Waals surface area contributed by atoms with Gasteiger partial charge in [0.05, 0.1) is 11.7 Å². The molecule has 2 heterocycles. The highest BCUT2D eigenvalue weighted by Crippen LogP contribution is 2.28. The molecule has 11 nitrogen and oxygen atoms in total. The fraction of sp³-hybridized carbons (Fsp3) is 0.500. The van der Waals surface area contributed by atoms with Gasteiger partial charge >= 0.3 is 0 Å². The Morgan fingerprint density at radius 1 is 1.13 bits per heavy atom. The molecule has 1 saturated carbocycles. The van der Waals surface area contributed by atoms with Crippen molar-refractivity contribution in [2.45, 2.75) is 51.2 Å². The topological polar surface area (TPSA) is 139 Å². The van der Waals surface area contributed by atoms with Crippen LogP contribution in [0.5, 0.6) is 0 Å². The minimum absolute atomic E-state index is 0.0135. The number of carbonyl (C=O) groups excluding carboxylic acids is 3. The van der Waals surface area contributed by atoms with Gasteiger partial charge in [0.25, 0.3) is 11.8 Å². The average molecular weight is 542 g/mol. The molecule has 1 aliphatic carbocycles. The van der Waals surface area contributed by atoms with Gasteiger partial charge in [-0.1, -0.05) is 22.9 Å². The molecule has 1 aliphatic heterocycles. The summed E-state index contributed by atoms with van der Waals surface area (Å²) >= 11 is 1.38. The zero-order chi connectivity index (χ0) is 27.4. The molecule has 4 rings (SSSR count). The molecule has 0 spiro atoms. The Morgan fingerprint density at radius 3 is 2.55 bits per heavy atom. The maximum absolute atomic E-state index is 13.3. The molecule has 12 heteroatoms. The molecule has 3 atom stereocenters. The monoisotopic (exact) mass is 541 g/mol. The van der Waals surface area contributed by atoms with Crippen molar-refractivity contribution in [2.75, 3.05) is 33.0 Å². The predicted molar refractivity (Wildman–Crippen MR) is 145 cm³/mol. The Morgan fingerprint density at radius 2 is 1.87 bits per heavy atom. The number of nitrogens with zero attached hydrogens (tertiary/aromatic N) is 4. The van der Waals surface area contributed by atoms with E-state index in [4.69, 9.17) is 0 Å². The van der Waals surface area contributed by atoms with Crippen LogP contribution in [0.2, 0.25) is 0 Å². The number of carbonyl (C=O) groups is 3. The Bertz CT molecular complexity index is 1210. The number of rotatable bonds is 5. The van der Waals surface area contributed by atoms with Crippen LogP contribution >= 0.6 is 11.3 Å². The summed E-state index contributed by atoms with van der Waals surface area (Å²) in [7, 11) is 5.46. The molecular formula is C26H35N7O4S. The first-order valence-corrected chi connectivity index (χ1v) is 13.5. The smallest absolute Gasteiger partial charge is 0.290 e. The second-order valence-electron chi connectivity index (χ2n) is 10.2. The van der Waals surface area contributed by atoms with Crippen molar-refractivity contribution >= 4 is 40.6 Å². The molecule has 0 unspecified atom stereocenters. The number of fused-ring (bicyclic) bond motifs is 1. The number of thiazole rings is 1. The number of likely N-dealkylation sites (N-methyl/N-ethyl adjacent to an activating group) is 1. The highest BCUT2D eigenvalue weighted by molar-refractivity contribution is 7.13. The molecule has 1 fully saturated rings. The third kappa shape index (κ3) is 6.48. The van der Waals surface area contributed by atoms with Crippen molar-refractivity contribution in [1.82, 2.24) is 25.4 Å². The molecule has 2 aromatic rings. The Hall–Kier alpha value is -3.51. The van der Waals surface area contributed by atoms with E-state index in [0.717, 1.165) is 35.6 Å². The zero-order valence-corrected chi connectivity index (χ0v) is 23.0. The summed E-state index contributed by atoms with van der Waals surface area (Å²) in [5.41, 5.74) is 2.61. The second-order valence-corrected chi connectivity index (χ2v) is 11.3. The lowest BCUT2D eigenvalue weighted by molar-refractivity contribution is -0.134. The van der Waals surface area contributed by atoms with Gasteiger partial charge in [0.15, 0.2) is 5.01 Å². The summed E-state index contributed by atoms with van der Waals surface area (Å²) in [6.45, 7) is 3.61. The summed E-state index contributed by atoms with van der Waals surface area (Å²) in [6.07, 6.45) is 2.21. The number of nitrogens with one attached hydrogen (secondary N) is 3. The van der Waals surface area contributed by atoms with Crippen molar-refractivity contribution in [3.05, 3.63) is 45.4 Å². The van der Waals surface area contributed by atoms with Crippen molar-refractivity contribution in [3.63, 3.8) is 0 Å². The number of hydrogen-bond acceptors (Lipinski definition) is 8. The van der Waals surface area contributed by atoms with Crippen LogP contribution < -0.4 is 16.0 Å². The highest BCUT2D eigenvalue weighted by Gasteiger charge is 2.37. The fourth-order valence-electron chi connectivity index (χ4n) is 4.88. The Labute approximate surface area is 226 Å². The maximum Gasteiger partial charge on any atom is 0.290 e. The lowest BCUT2D eigenvalue weighted by Gasteiger charge is -2.37. The van der Waals surface area contributed by atoms with Crippen molar-refractivity contribution in [2.24, 2.45) is 11.1 Å². The molecule has 4 N–H and O–H groups in total. The van der Waals surface area contributed by atoms with Crippen LogP contribution in [0.3, 0.4) is 0 Å². The lowest BCUT2D eigenvalue weighted by Crippen LogP contribution is -2.57. The number of benzene rings is 1. The van der Waals surface area contributed by atoms with E-state index in [-0.39, 0.29) is 23.6 Å². The van der Waals surface area contributed by atoms with Gasteiger partial charge in [0, 0.05) is 56.1 Å². The van der Waals surface area contributed by atoms with Crippen LogP contribution in [0, 0.1) is 12.8 Å². The summed E-state index contributed by atoms with van der Waals surface area (Å²) in [4.78, 5) is 48.4. The van der Waals surface area contributed by atoms with Gasteiger partial charge in [-0.15, -0.1) is 11.3 Å². The lowest BCUT2D eigenvalue weighted by atomic mass is 9.81. The molecule has 0 saturated heterocycles. The van der Waals surface area contributed by atoms with Crippen molar-refractivity contribution in [3.8, 4) is 0 Å². The number of hydrogen-bond donors (Lipinski definition) is 4. The van der Waals surface area contributed by atoms with E-state index in [1.165, 1.54) is 11.3 Å². The minimum Gasteiger partial charge on any atom is -0.409 e. The molecule has 38 heavy (non-hydrogen) atoms. The van der Waals surface area contributed by atoms with Gasteiger partial charge in [-0.25, -0.2) is 4.98 Å². The fourth-order valence-corrected chi connectivity index (χ4v) is 5.97. The van der Waals surface area contributed by atoms with Crippen LogP contribution in [0.15, 0.2) is 29.4 Å². The third-order valence-electron chi connectivity index (χ3n) is 7.02. The van der Waals surface area contributed by atoms with E-state index in [9.17, 15) is 19.6 Å². The molecule has 3 amide bonds. The molecule has 2 aliphatic rings. The van der Waals surface area contributed by atoms with Gasteiger partial charge in [-0.2, -0.15) is 0 Å². The SMILES string of the molecule is Cc1ccc(N/C(=N\O)C(=O)N[C@H]2CC[C@H](C(=O)N(C)C)C[C@H]2NC(=O)c2nc3c(s2)CN(C)CC3)cc1. The number of oxime groups is 1. The summed E-state index contributed by atoms with van der Waals surface area (Å²) in [6, 6.07) is 6.34. The Kier molecular flexibility index (Phi) is 8.62. The van der Waals surface area contributed by atoms with Crippen LogP contribution in [0.1, 0.15) is 45.2 Å². The first-order chi connectivity index (χ1) is 18.1. The van der Waals surface area contributed by atoms with E-state index in [1.54, 1.807) is 31.1 Å². The number of anilines is 1. The van der Waals surface area contributed by atoms with E-state index in [1.807, 2.05) is 26.1 Å². The Balaban J connectivity index is 1.48. The summed E-state index contributed by atoms with van der Waals surface area (Å²) in [5.74, 6) is -1.48. The molecule has 1 aromatic heterocycles. The molecule has 0 bridgehead atoms. The number of amides is 3. The normalized spacial score (nSPS) is 21.8. The maximum atomic E-state index is 13.3. The van der Waals surface area contributed by atoms with Crippen LogP contribution in [0.25, 0.3) is 0 Å².